The molecule has 16 heavy (non-hydrogen) atoms. The predicted molar refractivity (Wildman–Crippen MR) is 65.0 cm³/mol. The van der Waals surface area contributed by atoms with Crippen molar-refractivity contribution in [3.63, 3.8) is 0 Å². The molecule has 0 amide bonds. The smallest absolute Gasteiger partial charge is 0.151 e. The van der Waals surface area contributed by atoms with E-state index in [0.717, 1.165) is 30.1 Å². The maximum absolute atomic E-state index is 10.6. The predicted octanol–water partition coefficient (Wildman–Crippen LogP) is 2.44. The third-order valence-electron chi connectivity index (χ3n) is 3.33. The average molecular weight is 218 g/mol. The number of pyridine rings is 1. The SMILES string of the molecule is Cc1cc(C=O)cnc1N(C)CC1CCC1. The number of hydrogen-bond donors (Lipinski definition) is 0. The molecule has 1 aromatic heterocycles. The first-order valence-corrected chi connectivity index (χ1v) is 5.83. The van der Waals surface area contributed by atoms with Gasteiger partial charge in [-0.25, -0.2) is 4.98 Å². The first-order valence-electron chi connectivity index (χ1n) is 5.83. The van der Waals surface area contributed by atoms with E-state index in [2.05, 4.69) is 16.9 Å². The van der Waals surface area contributed by atoms with E-state index in [1.54, 1.807) is 6.20 Å². The van der Waals surface area contributed by atoms with E-state index in [9.17, 15) is 4.79 Å². The fourth-order valence-corrected chi connectivity index (χ4v) is 2.20. The van der Waals surface area contributed by atoms with Crippen LogP contribution in [0.2, 0.25) is 0 Å². The molecule has 0 atom stereocenters. The number of rotatable bonds is 4. The Balaban J connectivity index is 2.09. The molecule has 0 saturated heterocycles. The molecule has 2 rings (SSSR count). The third kappa shape index (κ3) is 2.23. The van der Waals surface area contributed by atoms with Crippen LogP contribution in [-0.4, -0.2) is 24.9 Å². The van der Waals surface area contributed by atoms with Crippen molar-refractivity contribution in [1.82, 2.24) is 4.98 Å². The molecule has 1 saturated carbocycles. The number of aldehydes is 1. The van der Waals surface area contributed by atoms with Gasteiger partial charge >= 0.3 is 0 Å². The highest BCUT2D eigenvalue weighted by atomic mass is 16.1. The molecule has 0 aliphatic heterocycles. The van der Waals surface area contributed by atoms with Crippen LogP contribution in [0.4, 0.5) is 5.82 Å². The number of carbonyl (C=O) groups excluding carboxylic acids is 1. The van der Waals surface area contributed by atoms with Crippen molar-refractivity contribution in [2.75, 3.05) is 18.5 Å². The number of carbonyl (C=O) groups is 1. The van der Waals surface area contributed by atoms with E-state index in [-0.39, 0.29) is 0 Å². The summed E-state index contributed by atoms with van der Waals surface area (Å²) in [6.45, 7) is 3.08. The van der Waals surface area contributed by atoms with Crippen molar-refractivity contribution in [1.29, 1.82) is 0 Å². The second-order valence-corrected chi connectivity index (χ2v) is 4.70. The van der Waals surface area contributed by atoms with Gasteiger partial charge in [0.25, 0.3) is 0 Å². The molecule has 1 heterocycles. The summed E-state index contributed by atoms with van der Waals surface area (Å²) in [5.74, 6) is 1.83. The van der Waals surface area contributed by atoms with Gasteiger partial charge in [0.05, 0.1) is 0 Å². The zero-order valence-electron chi connectivity index (χ0n) is 9.94. The van der Waals surface area contributed by atoms with Crippen molar-refractivity contribution in [2.24, 2.45) is 5.92 Å². The Hall–Kier alpha value is -1.38. The summed E-state index contributed by atoms with van der Waals surface area (Å²) in [7, 11) is 2.08. The van der Waals surface area contributed by atoms with Crippen LogP contribution < -0.4 is 4.90 Å². The molecule has 0 aromatic carbocycles. The molecule has 0 bridgehead atoms. The lowest BCUT2D eigenvalue weighted by atomic mass is 9.85. The van der Waals surface area contributed by atoms with Crippen LogP contribution in [0.3, 0.4) is 0 Å². The molecule has 3 heteroatoms. The van der Waals surface area contributed by atoms with Gasteiger partial charge in [-0.05, 0) is 37.3 Å². The molecule has 1 aromatic rings. The molecule has 86 valence electrons. The van der Waals surface area contributed by atoms with Crippen LogP contribution >= 0.6 is 0 Å². The number of nitrogens with zero attached hydrogens (tertiary/aromatic N) is 2. The molecular weight excluding hydrogens is 200 g/mol. The van der Waals surface area contributed by atoms with Gasteiger partial charge in [0.15, 0.2) is 6.29 Å². The molecule has 1 fully saturated rings. The Labute approximate surface area is 96.5 Å². The summed E-state index contributed by atoms with van der Waals surface area (Å²) in [5.41, 5.74) is 1.73. The molecule has 0 N–H and O–H groups in total. The normalized spacial score (nSPS) is 15.6. The van der Waals surface area contributed by atoms with E-state index >= 15 is 0 Å². The van der Waals surface area contributed by atoms with E-state index in [4.69, 9.17) is 0 Å². The van der Waals surface area contributed by atoms with Crippen LogP contribution in [0.15, 0.2) is 12.3 Å². The maximum Gasteiger partial charge on any atom is 0.151 e. The largest absolute Gasteiger partial charge is 0.359 e. The highest BCUT2D eigenvalue weighted by Gasteiger charge is 2.20. The van der Waals surface area contributed by atoms with E-state index in [1.807, 2.05) is 13.0 Å². The van der Waals surface area contributed by atoms with Crippen molar-refractivity contribution >= 4 is 12.1 Å². The van der Waals surface area contributed by atoms with Crippen LogP contribution in [0, 0.1) is 12.8 Å². The minimum atomic E-state index is 0.651. The van der Waals surface area contributed by atoms with Crippen molar-refractivity contribution in [3.05, 3.63) is 23.4 Å². The van der Waals surface area contributed by atoms with Crippen LogP contribution in [0.1, 0.15) is 35.2 Å². The molecule has 0 spiro atoms. The summed E-state index contributed by atoms with van der Waals surface area (Å²) < 4.78 is 0. The summed E-state index contributed by atoms with van der Waals surface area (Å²) in [4.78, 5) is 17.2. The number of aromatic nitrogens is 1. The van der Waals surface area contributed by atoms with Gasteiger partial charge in [-0.3, -0.25) is 4.79 Å². The first kappa shape index (κ1) is 11.1. The van der Waals surface area contributed by atoms with Gasteiger partial charge in [-0.2, -0.15) is 0 Å². The fourth-order valence-electron chi connectivity index (χ4n) is 2.20. The molecule has 0 radical (unpaired) electrons. The minimum Gasteiger partial charge on any atom is -0.359 e. The number of hydrogen-bond acceptors (Lipinski definition) is 3. The monoisotopic (exact) mass is 218 g/mol. The lowest BCUT2D eigenvalue weighted by Gasteiger charge is -2.31. The molecule has 1 aliphatic rings. The topological polar surface area (TPSA) is 33.2 Å². The fraction of sp³-hybridized carbons (Fsp3) is 0.538. The zero-order valence-corrected chi connectivity index (χ0v) is 9.94. The summed E-state index contributed by atoms with van der Waals surface area (Å²) in [5, 5.41) is 0. The van der Waals surface area contributed by atoms with Gasteiger partial charge in [-0.15, -0.1) is 0 Å². The van der Waals surface area contributed by atoms with E-state index in [0.29, 0.717) is 5.56 Å². The standard InChI is InChI=1S/C13H18N2O/c1-10-6-12(9-16)7-14-13(10)15(2)8-11-4-3-5-11/h6-7,9,11H,3-5,8H2,1-2H3. The van der Waals surface area contributed by atoms with Crippen molar-refractivity contribution < 1.29 is 4.79 Å². The minimum absolute atomic E-state index is 0.651. The molecule has 0 unspecified atom stereocenters. The Morgan fingerprint density at radius 1 is 1.56 bits per heavy atom. The summed E-state index contributed by atoms with van der Waals surface area (Å²) >= 11 is 0. The van der Waals surface area contributed by atoms with E-state index < -0.39 is 0 Å². The lowest BCUT2D eigenvalue weighted by Crippen LogP contribution is -2.30. The summed E-state index contributed by atoms with van der Waals surface area (Å²) in [6, 6.07) is 1.90. The Morgan fingerprint density at radius 2 is 2.31 bits per heavy atom. The first-order chi connectivity index (χ1) is 7.70. The molecular formula is C13H18N2O. The van der Waals surface area contributed by atoms with Crippen LogP contribution in [0.5, 0.6) is 0 Å². The molecule has 1 aliphatic carbocycles. The summed E-state index contributed by atoms with van der Waals surface area (Å²) in [6.07, 6.45) is 6.54. The van der Waals surface area contributed by atoms with Crippen molar-refractivity contribution in [3.8, 4) is 0 Å². The van der Waals surface area contributed by atoms with Gasteiger partial charge in [-0.1, -0.05) is 6.42 Å². The highest BCUT2D eigenvalue weighted by Crippen LogP contribution is 2.28. The van der Waals surface area contributed by atoms with Gasteiger partial charge in [0, 0.05) is 25.4 Å². The Bertz CT molecular complexity index is 386. The Kier molecular flexibility index (Phi) is 3.22. The van der Waals surface area contributed by atoms with Crippen LogP contribution in [-0.2, 0) is 0 Å². The van der Waals surface area contributed by atoms with E-state index in [1.165, 1.54) is 19.3 Å². The Morgan fingerprint density at radius 3 is 2.81 bits per heavy atom. The number of anilines is 1. The maximum atomic E-state index is 10.6. The quantitative estimate of drug-likeness (QED) is 0.728. The van der Waals surface area contributed by atoms with Gasteiger partial charge < -0.3 is 4.90 Å². The second-order valence-electron chi connectivity index (χ2n) is 4.70. The average Bonchev–Trinajstić information content (AvgIpc) is 2.23. The van der Waals surface area contributed by atoms with Gasteiger partial charge in [0.1, 0.15) is 5.82 Å². The van der Waals surface area contributed by atoms with Crippen molar-refractivity contribution in [2.45, 2.75) is 26.2 Å². The highest BCUT2D eigenvalue weighted by molar-refractivity contribution is 5.75. The zero-order chi connectivity index (χ0) is 11.5. The van der Waals surface area contributed by atoms with Crippen LogP contribution in [0.25, 0.3) is 0 Å². The lowest BCUT2D eigenvalue weighted by molar-refractivity contribution is 0.112. The van der Waals surface area contributed by atoms with Gasteiger partial charge in [0.2, 0.25) is 0 Å². The second kappa shape index (κ2) is 4.64. The third-order valence-corrected chi connectivity index (χ3v) is 3.33. The number of aryl methyl sites for hydroxylation is 1. The molecule has 3 nitrogen and oxygen atoms in total.